The Labute approximate surface area is 93.0 Å². The van der Waals surface area contributed by atoms with Gasteiger partial charge in [0.05, 0.1) is 4.22 Å². The van der Waals surface area contributed by atoms with E-state index in [1.165, 1.54) is 0 Å². The number of anilines is 1. The Morgan fingerprint density at radius 3 is 3.00 bits per heavy atom. The molecular weight excluding hydrogens is 299 g/mol. The summed E-state index contributed by atoms with van der Waals surface area (Å²) in [5, 5.41) is 2.70. The topological polar surface area (TPSA) is 42.0 Å². The third kappa shape index (κ3) is 1.32. The Kier molecular flexibility index (Phi) is 2.00. The summed E-state index contributed by atoms with van der Waals surface area (Å²) in [6.45, 7) is 0. The Bertz CT molecular complexity index is 394. The SMILES string of the molecule is BC1(Br)C(=O)Nc2ncc(Br)cc21. The van der Waals surface area contributed by atoms with Crippen LogP contribution < -0.4 is 5.32 Å². The number of nitrogens with zero attached hydrogens (tertiary/aromatic N) is 1. The van der Waals surface area contributed by atoms with Crippen molar-refractivity contribution in [2.45, 2.75) is 4.22 Å². The fraction of sp³-hybridized carbons (Fsp3) is 0.143. The Hall–Kier alpha value is -0.355. The first-order valence-corrected chi connectivity index (χ1v) is 5.27. The van der Waals surface area contributed by atoms with Crippen molar-refractivity contribution in [3.05, 3.63) is 22.3 Å². The van der Waals surface area contributed by atoms with Gasteiger partial charge in [-0.1, -0.05) is 15.9 Å². The first-order valence-electron chi connectivity index (χ1n) is 3.68. The van der Waals surface area contributed by atoms with Gasteiger partial charge in [-0.3, -0.25) is 4.79 Å². The first-order chi connectivity index (χ1) is 6.01. The molecule has 13 heavy (non-hydrogen) atoms. The summed E-state index contributed by atoms with van der Waals surface area (Å²) in [5.41, 5.74) is 0.867. The Morgan fingerprint density at radius 1 is 1.62 bits per heavy atom. The van der Waals surface area contributed by atoms with E-state index in [1.807, 2.05) is 13.9 Å². The number of nitrogens with one attached hydrogen (secondary N) is 1. The number of amides is 1. The fourth-order valence-corrected chi connectivity index (χ4v) is 1.98. The van der Waals surface area contributed by atoms with Gasteiger partial charge in [0.25, 0.3) is 0 Å². The van der Waals surface area contributed by atoms with Gasteiger partial charge >= 0.3 is 0 Å². The van der Waals surface area contributed by atoms with Gasteiger partial charge in [-0.15, -0.1) is 0 Å². The third-order valence-electron chi connectivity index (χ3n) is 2.02. The van der Waals surface area contributed by atoms with Crippen molar-refractivity contribution in [3.63, 3.8) is 0 Å². The van der Waals surface area contributed by atoms with Crippen molar-refractivity contribution >= 4 is 51.4 Å². The van der Waals surface area contributed by atoms with Crippen molar-refractivity contribution in [1.29, 1.82) is 0 Å². The van der Waals surface area contributed by atoms with Crippen molar-refractivity contribution in [1.82, 2.24) is 4.98 Å². The molecule has 1 aromatic heterocycles. The van der Waals surface area contributed by atoms with Crippen LogP contribution in [0.4, 0.5) is 5.82 Å². The summed E-state index contributed by atoms with van der Waals surface area (Å²) < 4.78 is 0.215. The number of carbonyl (C=O) groups excluding carboxylic acids is 1. The number of fused-ring (bicyclic) bond motifs is 1. The van der Waals surface area contributed by atoms with Gasteiger partial charge in [0, 0.05) is 16.2 Å². The van der Waals surface area contributed by atoms with E-state index in [1.54, 1.807) is 6.20 Å². The smallest absolute Gasteiger partial charge is 0.238 e. The van der Waals surface area contributed by atoms with E-state index in [-0.39, 0.29) is 5.91 Å². The van der Waals surface area contributed by atoms with E-state index in [0.717, 1.165) is 10.0 Å². The quantitative estimate of drug-likeness (QED) is 0.573. The minimum absolute atomic E-state index is 0.0758. The molecule has 1 unspecified atom stereocenters. The molecule has 1 aliphatic rings. The molecule has 1 aliphatic heterocycles. The second-order valence-electron chi connectivity index (χ2n) is 3.01. The number of carbonyl (C=O) groups is 1. The monoisotopic (exact) mass is 302 g/mol. The van der Waals surface area contributed by atoms with Crippen molar-refractivity contribution in [2.75, 3.05) is 5.32 Å². The first kappa shape index (κ1) is 9.21. The minimum Gasteiger partial charge on any atom is -0.310 e. The van der Waals surface area contributed by atoms with Gasteiger partial charge in [0.2, 0.25) is 5.91 Å². The Balaban J connectivity index is 2.64. The molecule has 66 valence electrons. The van der Waals surface area contributed by atoms with Crippen molar-refractivity contribution in [2.24, 2.45) is 0 Å². The number of aromatic nitrogens is 1. The average Bonchev–Trinajstić information content (AvgIpc) is 2.27. The summed E-state index contributed by atoms with van der Waals surface area (Å²) in [6, 6.07) is 1.88. The highest BCUT2D eigenvalue weighted by atomic mass is 79.9. The van der Waals surface area contributed by atoms with Gasteiger partial charge < -0.3 is 5.32 Å². The van der Waals surface area contributed by atoms with Crippen LogP contribution in [0.15, 0.2) is 16.7 Å². The number of hydrogen-bond acceptors (Lipinski definition) is 2. The van der Waals surface area contributed by atoms with Gasteiger partial charge in [0.1, 0.15) is 13.7 Å². The average molecular weight is 304 g/mol. The number of alkyl halides is 1. The molecule has 0 spiro atoms. The third-order valence-corrected chi connectivity index (χ3v) is 3.24. The molecule has 1 N–H and O–H groups in total. The zero-order valence-electron chi connectivity index (χ0n) is 6.77. The summed E-state index contributed by atoms with van der Waals surface area (Å²) in [6.07, 6.45) is 1.66. The van der Waals surface area contributed by atoms with Crippen LogP contribution in [0.25, 0.3) is 0 Å². The molecule has 0 saturated carbocycles. The number of rotatable bonds is 0. The van der Waals surface area contributed by atoms with E-state index in [9.17, 15) is 4.79 Å². The van der Waals surface area contributed by atoms with E-state index < -0.39 is 4.22 Å². The molecule has 0 radical (unpaired) electrons. The van der Waals surface area contributed by atoms with Crippen LogP contribution in [0.1, 0.15) is 5.56 Å². The van der Waals surface area contributed by atoms with E-state index in [0.29, 0.717) is 5.82 Å². The van der Waals surface area contributed by atoms with Crippen molar-refractivity contribution < 1.29 is 4.79 Å². The maximum absolute atomic E-state index is 11.5. The fourth-order valence-electron chi connectivity index (χ4n) is 1.24. The lowest BCUT2D eigenvalue weighted by atomic mass is 9.82. The predicted molar refractivity (Wildman–Crippen MR) is 59.7 cm³/mol. The normalized spacial score (nSPS) is 25.5. The summed E-state index contributed by atoms with van der Waals surface area (Å²) >= 11 is 6.68. The van der Waals surface area contributed by atoms with Gasteiger partial charge in [-0.25, -0.2) is 4.98 Å². The number of halogens is 2. The second-order valence-corrected chi connectivity index (χ2v) is 5.51. The number of hydrogen-bond donors (Lipinski definition) is 1. The van der Waals surface area contributed by atoms with Crippen LogP contribution in [0.2, 0.25) is 0 Å². The molecule has 2 rings (SSSR count). The van der Waals surface area contributed by atoms with Crippen LogP contribution in [0, 0.1) is 0 Å². The van der Waals surface area contributed by atoms with Gasteiger partial charge in [0.15, 0.2) is 0 Å². The Morgan fingerprint density at radius 2 is 2.31 bits per heavy atom. The molecule has 2 heterocycles. The van der Waals surface area contributed by atoms with E-state index >= 15 is 0 Å². The number of pyridine rings is 1. The molecular formula is C7H5BBr2N2O. The molecule has 0 aliphatic carbocycles. The lowest BCUT2D eigenvalue weighted by molar-refractivity contribution is -0.116. The minimum atomic E-state index is -0.654. The molecule has 0 aromatic carbocycles. The zero-order chi connectivity index (χ0) is 9.64. The lowest BCUT2D eigenvalue weighted by Gasteiger charge is -2.11. The van der Waals surface area contributed by atoms with E-state index in [2.05, 4.69) is 42.2 Å². The van der Waals surface area contributed by atoms with Crippen molar-refractivity contribution in [3.8, 4) is 0 Å². The molecule has 3 nitrogen and oxygen atoms in total. The maximum Gasteiger partial charge on any atom is 0.238 e. The summed E-state index contributed by atoms with van der Waals surface area (Å²) in [7, 11) is 1.81. The van der Waals surface area contributed by atoms with Crippen LogP contribution in [-0.4, -0.2) is 18.7 Å². The lowest BCUT2D eigenvalue weighted by Crippen LogP contribution is -2.27. The largest absolute Gasteiger partial charge is 0.310 e. The molecule has 1 amide bonds. The molecule has 1 aromatic rings. The van der Waals surface area contributed by atoms with E-state index in [4.69, 9.17) is 0 Å². The molecule has 1 atom stereocenters. The standard InChI is InChI=1S/C7H5BBr2N2O/c8-7(10)4-1-3(9)2-11-5(4)12-6(7)13/h1-2H,8H2,(H,11,12,13). The van der Waals surface area contributed by atoms with Gasteiger partial charge in [-0.05, 0) is 22.0 Å². The highest BCUT2D eigenvalue weighted by molar-refractivity contribution is 9.10. The zero-order valence-corrected chi connectivity index (χ0v) is 9.94. The summed E-state index contributed by atoms with van der Waals surface area (Å²) in [4.78, 5) is 15.5. The van der Waals surface area contributed by atoms with Gasteiger partial charge in [-0.2, -0.15) is 0 Å². The van der Waals surface area contributed by atoms with Crippen LogP contribution in [-0.2, 0) is 9.02 Å². The molecule has 6 heteroatoms. The molecule has 0 saturated heterocycles. The maximum atomic E-state index is 11.5. The predicted octanol–water partition coefficient (Wildman–Crippen LogP) is 0.977. The van der Waals surface area contributed by atoms with Crippen LogP contribution >= 0.6 is 31.9 Å². The highest BCUT2D eigenvalue weighted by Crippen LogP contribution is 2.39. The summed E-state index contributed by atoms with van der Waals surface area (Å²) in [5.74, 6) is 0.556. The highest BCUT2D eigenvalue weighted by Gasteiger charge is 2.40. The molecule has 0 fully saturated rings. The van der Waals surface area contributed by atoms with Crippen LogP contribution in [0.3, 0.4) is 0 Å². The van der Waals surface area contributed by atoms with Crippen LogP contribution in [0.5, 0.6) is 0 Å². The molecule has 0 bridgehead atoms. The second kappa shape index (κ2) is 2.82.